The molecule has 0 rings (SSSR count). The van der Waals surface area contributed by atoms with Gasteiger partial charge >= 0.3 is 0 Å². The van der Waals surface area contributed by atoms with Gasteiger partial charge in [0.1, 0.15) is 0 Å². The lowest BCUT2D eigenvalue weighted by Crippen LogP contribution is -2.28. The van der Waals surface area contributed by atoms with Crippen molar-refractivity contribution in [2.75, 3.05) is 24.7 Å². The van der Waals surface area contributed by atoms with Crippen LogP contribution in [0.1, 0.15) is 27.2 Å². The van der Waals surface area contributed by atoms with Crippen LogP contribution in [0.15, 0.2) is 0 Å². The topological polar surface area (TPSA) is 64.4 Å². The van der Waals surface area contributed by atoms with Crippen molar-refractivity contribution >= 4 is 17.7 Å². The van der Waals surface area contributed by atoms with Crippen molar-refractivity contribution in [1.82, 2.24) is 5.32 Å². The molecule has 1 unspecified atom stereocenters. The van der Waals surface area contributed by atoms with Crippen molar-refractivity contribution in [3.8, 4) is 0 Å². The SMILES string of the molecule is CC(N)CSCC(=O)NCCCOC(C)C. The molecule has 0 saturated carbocycles. The van der Waals surface area contributed by atoms with Crippen LogP contribution in [0.4, 0.5) is 0 Å². The summed E-state index contributed by atoms with van der Waals surface area (Å²) in [4.78, 5) is 11.3. The highest BCUT2D eigenvalue weighted by atomic mass is 32.2. The van der Waals surface area contributed by atoms with E-state index in [4.69, 9.17) is 10.5 Å². The van der Waals surface area contributed by atoms with Gasteiger partial charge < -0.3 is 15.8 Å². The van der Waals surface area contributed by atoms with Crippen molar-refractivity contribution < 1.29 is 9.53 Å². The first kappa shape index (κ1) is 15.7. The Balaban J connectivity index is 3.24. The third kappa shape index (κ3) is 11.8. The van der Waals surface area contributed by atoms with Gasteiger partial charge in [-0.2, -0.15) is 11.8 Å². The van der Waals surface area contributed by atoms with Crippen LogP contribution in [0.2, 0.25) is 0 Å². The summed E-state index contributed by atoms with van der Waals surface area (Å²) in [5.74, 6) is 1.39. The highest BCUT2D eigenvalue weighted by molar-refractivity contribution is 7.99. The fourth-order valence-corrected chi connectivity index (χ4v) is 1.78. The number of carbonyl (C=O) groups is 1. The van der Waals surface area contributed by atoms with Crippen molar-refractivity contribution in [2.45, 2.75) is 39.3 Å². The molecule has 0 spiro atoms. The highest BCUT2D eigenvalue weighted by Crippen LogP contribution is 2.00. The number of rotatable bonds is 9. The van der Waals surface area contributed by atoms with Crippen LogP contribution in [0.3, 0.4) is 0 Å². The molecule has 0 aliphatic heterocycles. The van der Waals surface area contributed by atoms with E-state index in [1.165, 1.54) is 0 Å². The number of hydrogen-bond donors (Lipinski definition) is 2. The first-order valence-corrected chi connectivity index (χ1v) is 6.89. The van der Waals surface area contributed by atoms with Crippen LogP contribution in [0, 0.1) is 0 Å². The van der Waals surface area contributed by atoms with Gasteiger partial charge in [0.2, 0.25) is 5.91 Å². The van der Waals surface area contributed by atoms with Crippen LogP contribution >= 0.6 is 11.8 Å². The lowest BCUT2D eigenvalue weighted by Gasteiger charge is -2.08. The van der Waals surface area contributed by atoms with E-state index in [2.05, 4.69) is 5.32 Å². The standard InChI is InChI=1S/C11H24N2O2S/c1-9(2)15-6-4-5-13-11(14)8-16-7-10(3)12/h9-10H,4-8,12H2,1-3H3,(H,13,14). The molecule has 3 N–H and O–H groups in total. The summed E-state index contributed by atoms with van der Waals surface area (Å²) in [6.45, 7) is 7.33. The number of ether oxygens (including phenoxy) is 1. The lowest BCUT2D eigenvalue weighted by atomic mass is 10.4. The Kier molecular flexibility index (Phi) is 9.77. The molecule has 0 bridgehead atoms. The average Bonchev–Trinajstić information content (AvgIpc) is 2.16. The van der Waals surface area contributed by atoms with Crippen LogP contribution in [-0.2, 0) is 9.53 Å². The van der Waals surface area contributed by atoms with Gasteiger partial charge in [0.25, 0.3) is 0 Å². The summed E-state index contributed by atoms with van der Waals surface area (Å²) >= 11 is 1.57. The first-order valence-electron chi connectivity index (χ1n) is 5.74. The molecule has 0 aromatic rings. The van der Waals surface area contributed by atoms with Crippen molar-refractivity contribution in [3.05, 3.63) is 0 Å². The second-order valence-corrected chi connectivity index (χ2v) is 5.15. The van der Waals surface area contributed by atoms with E-state index < -0.39 is 0 Å². The van der Waals surface area contributed by atoms with Crippen LogP contribution in [0.5, 0.6) is 0 Å². The molecule has 1 atom stereocenters. The van der Waals surface area contributed by atoms with Gasteiger partial charge in [-0.3, -0.25) is 4.79 Å². The molecule has 96 valence electrons. The first-order chi connectivity index (χ1) is 7.52. The maximum absolute atomic E-state index is 11.3. The van der Waals surface area contributed by atoms with Crippen LogP contribution < -0.4 is 11.1 Å². The predicted molar refractivity (Wildman–Crippen MR) is 69.7 cm³/mol. The van der Waals surface area contributed by atoms with Gasteiger partial charge in [-0.25, -0.2) is 0 Å². The Hall–Kier alpha value is -0.260. The molecule has 0 heterocycles. The Bertz CT molecular complexity index is 187. The fourth-order valence-electron chi connectivity index (χ4n) is 1.01. The number of nitrogens with two attached hydrogens (primary N) is 1. The Labute approximate surface area is 103 Å². The summed E-state index contributed by atoms with van der Waals surface area (Å²) < 4.78 is 5.36. The number of nitrogens with one attached hydrogen (secondary N) is 1. The normalized spacial score (nSPS) is 12.8. The van der Waals surface area contributed by atoms with E-state index in [-0.39, 0.29) is 18.1 Å². The minimum atomic E-state index is 0.0789. The minimum absolute atomic E-state index is 0.0789. The van der Waals surface area contributed by atoms with E-state index in [9.17, 15) is 4.79 Å². The molecular formula is C11H24N2O2S. The van der Waals surface area contributed by atoms with E-state index in [1.807, 2.05) is 20.8 Å². The molecule has 0 aromatic heterocycles. The Morgan fingerprint density at radius 3 is 2.69 bits per heavy atom. The molecule has 0 aliphatic rings. The van der Waals surface area contributed by atoms with Crippen LogP contribution in [0.25, 0.3) is 0 Å². The van der Waals surface area contributed by atoms with E-state index in [1.54, 1.807) is 11.8 Å². The quantitative estimate of drug-likeness (QED) is 0.598. The zero-order chi connectivity index (χ0) is 12.4. The molecule has 1 amide bonds. The predicted octanol–water partition coefficient (Wildman–Crippen LogP) is 0.998. The molecule has 5 heteroatoms. The molecule has 16 heavy (non-hydrogen) atoms. The van der Waals surface area contributed by atoms with Gasteiger partial charge in [0, 0.05) is 24.9 Å². The summed E-state index contributed by atoms with van der Waals surface area (Å²) in [5.41, 5.74) is 5.58. The molecule has 0 fully saturated rings. The summed E-state index contributed by atoms with van der Waals surface area (Å²) in [6, 6.07) is 0.150. The van der Waals surface area contributed by atoms with Crippen LogP contribution in [-0.4, -0.2) is 42.7 Å². The second kappa shape index (κ2) is 9.93. The largest absolute Gasteiger partial charge is 0.379 e. The van der Waals surface area contributed by atoms with Gasteiger partial charge in [-0.15, -0.1) is 0 Å². The third-order valence-corrected chi connectivity index (χ3v) is 2.94. The van der Waals surface area contributed by atoms with Gasteiger partial charge in [0.15, 0.2) is 0 Å². The summed E-state index contributed by atoms with van der Waals surface area (Å²) in [5, 5.41) is 2.85. The fraction of sp³-hybridized carbons (Fsp3) is 0.909. The van der Waals surface area contributed by atoms with Crippen molar-refractivity contribution in [1.29, 1.82) is 0 Å². The monoisotopic (exact) mass is 248 g/mol. The van der Waals surface area contributed by atoms with Crippen molar-refractivity contribution in [3.63, 3.8) is 0 Å². The van der Waals surface area contributed by atoms with E-state index in [0.717, 1.165) is 12.2 Å². The molecular weight excluding hydrogens is 224 g/mol. The summed E-state index contributed by atoms with van der Waals surface area (Å²) in [6.07, 6.45) is 1.12. The van der Waals surface area contributed by atoms with E-state index in [0.29, 0.717) is 18.9 Å². The number of amides is 1. The number of hydrogen-bond acceptors (Lipinski definition) is 4. The molecule has 4 nitrogen and oxygen atoms in total. The van der Waals surface area contributed by atoms with Gasteiger partial charge in [-0.1, -0.05) is 0 Å². The smallest absolute Gasteiger partial charge is 0.229 e. The van der Waals surface area contributed by atoms with Gasteiger partial charge in [0.05, 0.1) is 11.9 Å². The Morgan fingerprint density at radius 2 is 2.12 bits per heavy atom. The lowest BCUT2D eigenvalue weighted by molar-refractivity contribution is -0.118. The number of thioether (sulfide) groups is 1. The summed E-state index contributed by atoms with van der Waals surface area (Å²) in [7, 11) is 0. The highest BCUT2D eigenvalue weighted by Gasteiger charge is 2.02. The third-order valence-electron chi connectivity index (χ3n) is 1.71. The Morgan fingerprint density at radius 1 is 1.44 bits per heavy atom. The number of carbonyl (C=O) groups excluding carboxylic acids is 1. The maximum atomic E-state index is 11.3. The van der Waals surface area contributed by atoms with E-state index >= 15 is 0 Å². The molecule has 0 aromatic carbocycles. The molecule has 0 radical (unpaired) electrons. The zero-order valence-electron chi connectivity index (χ0n) is 10.5. The van der Waals surface area contributed by atoms with Crippen molar-refractivity contribution in [2.24, 2.45) is 5.73 Å². The molecule has 0 aliphatic carbocycles. The second-order valence-electron chi connectivity index (χ2n) is 4.12. The maximum Gasteiger partial charge on any atom is 0.229 e. The average molecular weight is 248 g/mol. The minimum Gasteiger partial charge on any atom is -0.379 e. The van der Waals surface area contributed by atoms with Gasteiger partial charge in [-0.05, 0) is 27.2 Å². The zero-order valence-corrected chi connectivity index (χ0v) is 11.3. The molecule has 0 saturated heterocycles.